The van der Waals surface area contributed by atoms with Gasteiger partial charge in [0.1, 0.15) is 0 Å². The van der Waals surface area contributed by atoms with E-state index in [0.29, 0.717) is 0 Å². The smallest absolute Gasteiger partial charge is 0.308 e. The highest BCUT2D eigenvalue weighted by molar-refractivity contribution is 7.33. The Kier molecular flexibility index (Phi) is 5.07. The van der Waals surface area contributed by atoms with Gasteiger partial charge in [-0.1, -0.05) is 0 Å². The topological polar surface area (TPSA) is 71.1 Å². The van der Waals surface area contributed by atoms with E-state index >= 15 is 0 Å². The lowest BCUT2D eigenvalue weighted by atomic mass is 10.8. The molecule has 0 amide bonds. The van der Waals surface area contributed by atoms with Gasteiger partial charge in [0.25, 0.3) is 0 Å². The van der Waals surface area contributed by atoms with E-state index in [1.165, 1.54) is 0 Å². The molecule has 0 aliphatic carbocycles. The summed E-state index contributed by atoms with van der Waals surface area (Å²) in [5, 5.41) is 0. The van der Waals surface area contributed by atoms with Gasteiger partial charge in [-0.3, -0.25) is 9.13 Å². The Labute approximate surface area is 71.0 Å². The molecule has 1 aliphatic rings. The van der Waals surface area contributed by atoms with Crippen molar-refractivity contribution in [2.75, 3.05) is 26.4 Å². The third-order valence-electron chi connectivity index (χ3n) is 1.05. The highest BCUT2D eigenvalue weighted by Gasteiger charge is 2.06. The van der Waals surface area contributed by atoms with Gasteiger partial charge >= 0.3 is 16.5 Å². The Balaban J connectivity index is 2.29. The van der Waals surface area contributed by atoms with Gasteiger partial charge in [0, 0.05) is 0 Å². The van der Waals surface area contributed by atoms with Crippen molar-refractivity contribution in [2.45, 2.75) is 0 Å². The lowest BCUT2D eigenvalue weighted by Crippen LogP contribution is -2.03. The van der Waals surface area contributed by atoms with Crippen molar-refractivity contribution in [1.82, 2.24) is 0 Å². The lowest BCUT2D eigenvalue weighted by Gasteiger charge is -2.09. The fourth-order valence-corrected chi connectivity index (χ4v) is 1.75. The van der Waals surface area contributed by atoms with Crippen LogP contribution in [0, 0.1) is 0 Å². The molecule has 12 heavy (non-hydrogen) atoms. The molecular formula is C4H10O6P2. The molecule has 0 aromatic heterocycles. The maximum atomic E-state index is 10.7. The summed E-state index contributed by atoms with van der Waals surface area (Å²) in [5.74, 6) is 0. The van der Waals surface area contributed by atoms with Crippen molar-refractivity contribution in [1.29, 1.82) is 0 Å². The fourth-order valence-electron chi connectivity index (χ4n) is 0.583. The van der Waals surface area contributed by atoms with E-state index in [9.17, 15) is 9.13 Å². The average molecular weight is 216 g/mol. The Hall–Kier alpha value is 0.300. The predicted molar refractivity (Wildman–Crippen MR) is 41.8 cm³/mol. The second-order valence-electron chi connectivity index (χ2n) is 1.89. The zero-order valence-corrected chi connectivity index (χ0v) is 8.28. The summed E-state index contributed by atoms with van der Waals surface area (Å²) < 4.78 is 40.2. The Bertz CT molecular complexity index is 146. The third kappa shape index (κ3) is 4.36. The van der Waals surface area contributed by atoms with Crippen LogP contribution in [-0.4, -0.2) is 26.4 Å². The van der Waals surface area contributed by atoms with E-state index in [-0.39, 0.29) is 26.4 Å². The summed E-state index contributed by atoms with van der Waals surface area (Å²) >= 11 is 0. The molecule has 0 radical (unpaired) electrons. The van der Waals surface area contributed by atoms with Gasteiger partial charge in [-0.15, -0.1) is 0 Å². The monoisotopic (exact) mass is 216 g/mol. The Morgan fingerprint density at radius 1 is 0.667 bits per heavy atom. The van der Waals surface area contributed by atoms with Crippen LogP contribution in [0.5, 0.6) is 0 Å². The minimum absolute atomic E-state index is 0.109. The third-order valence-corrected chi connectivity index (χ3v) is 2.81. The summed E-state index contributed by atoms with van der Waals surface area (Å²) in [5.41, 5.74) is 0. The van der Waals surface area contributed by atoms with E-state index in [0.717, 1.165) is 0 Å². The maximum absolute atomic E-state index is 10.7. The van der Waals surface area contributed by atoms with Gasteiger partial charge in [0.05, 0.1) is 26.4 Å². The van der Waals surface area contributed by atoms with Gasteiger partial charge in [0.2, 0.25) is 0 Å². The van der Waals surface area contributed by atoms with Crippen molar-refractivity contribution in [3.8, 4) is 0 Å². The molecule has 0 unspecified atom stereocenters. The number of hydrogen-bond donors (Lipinski definition) is 0. The molecule has 8 heteroatoms. The van der Waals surface area contributed by atoms with Crippen LogP contribution in [0.3, 0.4) is 0 Å². The van der Waals surface area contributed by atoms with E-state index in [4.69, 9.17) is 0 Å². The van der Waals surface area contributed by atoms with E-state index in [1.807, 2.05) is 0 Å². The molecule has 0 aromatic rings. The molecule has 0 bridgehead atoms. The Morgan fingerprint density at radius 2 is 0.917 bits per heavy atom. The number of rotatable bonds is 0. The molecule has 0 atom stereocenters. The summed E-state index contributed by atoms with van der Waals surface area (Å²) in [6.07, 6.45) is 0. The molecule has 1 fully saturated rings. The minimum Gasteiger partial charge on any atom is -0.308 e. The molecular weight excluding hydrogens is 206 g/mol. The van der Waals surface area contributed by atoms with Crippen LogP contribution in [0.15, 0.2) is 0 Å². The first-order valence-corrected chi connectivity index (χ1v) is 5.83. The van der Waals surface area contributed by atoms with Crippen molar-refractivity contribution in [3.63, 3.8) is 0 Å². The van der Waals surface area contributed by atoms with Crippen molar-refractivity contribution in [2.24, 2.45) is 0 Å². The van der Waals surface area contributed by atoms with Gasteiger partial charge < -0.3 is 18.1 Å². The molecule has 0 aromatic carbocycles. The van der Waals surface area contributed by atoms with Gasteiger partial charge in [-0.05, 0) is 0 Å². The lowest BCUT2D eigenvalue weighted by molar-refractivity contribution is 0.130. The van der Waals surface area contributed by atoms with E-state index in [1.54, 1.807) is 0 Å². The van der Waals surface area contributed by atoms with E-state index in [2.05, 4.69) is 18.1 Å². The first kappa shape index (κ1) is 10.4. The van der Waals surface area contributed by atoms with Crippen LogP contribution in [0.2, 0.25) is 0 Å². The number of hydrogen-bond acceptors (Lipinski definition) is 6. The molecule has 0 saturated carbocycles. The first-order chi connectivity index (χ1) is 5.79. The first-order valence-electron chi connectivity index (χ1n) is 3.38. The highest BCUT2D eigenvalue weighted by atomic mass is 31.1. The predicted octanol–water partition coefficient (Wildman–Crippen LogP) is 0.846. The van der Waals surface area contributed by atoms with Gasteiger partial charge in [-0.2, -0.15) is 0 Å². The second-order valence-corrected chi connectivity index (χ2v) is 4.05. The molecule has 1 rings (SSSR count). The molecule has 0 N–H and O–H groups in total. The fraction of sp³-hybridized carbons (Fsp3) is 1.00. The molecule has 1 aliphatic heterocycles. The summed E-state index contributed by atoms with van der Waals surface area (Å²) in [4.78, 5) is 0. The SMILES string of the molecule is O=[PH]1OCCO[PH](=O)OCCO1. The maximum Gasteiger partial charge on any atom is 0.319 e. The summed E-state index contributed by atoms with van der Waals surface area (Å²) in [7, 11) is -4.82. The van der Waals surface area contributed by atoms with E-state index < -0.39 is 16.5 Å². The summed E-state index contributed by atoms with van der Waals surface area (Å²) in [6, 6.07) is 0. The molecule has 72 valence electrons. The largest absolute Gasteiger partial charge is 0.319 e. The van der Waals surface area contributed by atoms with Gasteiger partial charge in [-0.25, -0.2) is 0 Å². The van der Waals surface area contributed by atoms with Crippen molar-refractivity contribution < 1.29 is 27.2 Å². The van der Waals surface area contributed by atoms with Crippen LogP contribution < -0.4 is 0 Å². The Morgan fingerprint density at radius 3 is 1.17 bits per heavy atom. The highest BCUT2D eigenvalue weighted by Crippen LogP contribution is 2.28. The van der Waals surface area contributed by atoms with Crippen LogP contribution in [-0.2, 0) is 27.2 Å². The zero-order chi connectivity index (χ0) is 8.81. The molecule has 1 saturated heterocycles. The average Bonchev–Trinajstić information content (AvgIpc) is 2.06. The molecule has 6 nitrogen and oxygen atoms in total. The molecule has 0 spiro atoms. The normalized spacial score (nSPS) is 34.3. The van der Waals surface area contributed by atoms with Gasteiger partial charge in [0.15, 0.2) is 0 Å². The van der Waals surface area contributed by atoms with Crippen LogP contribution in [0.25, 0.3) is 0 Å². The van der Waals surface area contributed by atoms with Crippen LogP contribution in [0.4, 0.5) is 0 Å². The molecule has 1 heterocycles. The quantitative estimate of drug-likeness (QED) is 0.559. The summed E-state index contributed by atoms with van der Waals surface area (Å²) in [6.45, 7) is 0.435. The zero-order valence-electron chi connectivity index (χ0n) is 6.28. The standard InChI is InChI=1S/C4H10O6P2/c5-11-7-1-2-8-12(6)10-4-3-9-11/h11-12H,1-4H2. The van der Waals surface area contributed by atoms with Crippen molar-refractivity contribution >= 4 is 16.5 Å². The van der Waals surface area contributed by atoms with Crippen LogP contribution in [0.1, 0.15) is 0 Å². The minimum atomic E-state index is -2.41. The second kappa shape index (κ2) is 5.86. The van der Waals surface area contributed by atoms with Crippen molar-refractivity contribution in [3.05, 3.63) is 0 Å². The van der Waals surface area contributed by atoms with Crippen LogP contribution >= 0.6 is 16.5 Å².